The van der Waals surface area contributed by atoms with E-state index in [-0.39, 0.29) is 17.5 Å². The topological polar surface area (TPSA) is 84.5 Å². The molecule has 0 fully saturated rings. The van der Waals surface area contributed by atoms with Crippen molar-refractivity contribution in [2.75, 3.05) is 25.5 Å². The largest absolute Gasteiger partial charge is 0.488 e. The monoisotopic (exact) mass is 254 g/mol. The summed E-state index contributed by atoms with van der Waals surface area (Å²) < 4.78 is 5.07. The minimum atomic E-state index is -0.569. The van der Waals surface area contributed by atoms with Gasteiger partial charge in [0.2, 0.25) is 0 Å². The molecular weight excluding hydrogens is 236 g/mol. The first-order valence-corrected chi connectivity index (χ1v) is 5.98. The third-order valence-corrected chi connectivity index (χ3v) is 2.68. The summed E-state index contributed by atoms with van der Waals surface area (Å²) in [4.78, 5) is 33.0. The predicted octanol–water partition coefficient (Wildman–Crippen LogP) is -0.340. The van der Waals surface area contributed by atoms with E-state index in [4.69, 9.17) is 4.74 Å². The van der Waals surface area contributed by atoms with Crippen molar-refractivity contribution in [3.63, 3.8) is 0 Å². The van der Waals surface area contributed by atoms with Gasteiger partial charge in [0.15, 0.2) is 5.75 Å². The Morgan fingerprint density at radius 2 is 2.06 bits per heavy atom. The zero-order chi connectivity index (χ0) is 13.5. The number of nitrogens with one attached hydrogen (secondary N) is 2. The molecule has 1 aromatic carbocycles. The van der Waals surface area contributed by atoms with Gasteiger partial charge in [-0.3, -0.25) is 9.59 Å². The minimum absolute atomic E-state index is 0.128. The molecule has 0 saturated heterocycles. The molecule has 0 aliphatic heterocycles. The fraction of sp³-hybridized carbons (Fsp3) is 0.583. The van der Waals surface area contributed by atoms with Crippen LogP contribution in [0.25, 0.3) is 0 Å². The van der Waals surface area contributed by atoms with Crippen molar-refractivity contribution < 1.29 is 9.53 Å². The maximum Gasteiger partial charge on any atom is 0.272 e. The summed E-state index contributed by atoms with van der Waals surface area (Å²) in [6, 6.07) is -0.175. The van der Waals surface area contributed by atoms with Crippen molar-refractivity contribution in [2.45, 2.75) is 25.8 Å². The number of hydrogen-bond acceptors (Lipinski definition) is 6. The summed E-state index contributed by atoms with van der Waals surface area (Å²) in [6.45, 7) is 2.63. The highest BCUT2D eigenvalue weighted by Gasteiger charge is 2.21. The van der Waals surface area contributed by atoms with E-state index >= 15 is 0 Å². The van der Waals surface area contributed by atoms with Crippen LogP contribution in [0.3, 0.4) is 0 Å². The van der Waals surface area contributed by atoms with Gasteiger partial charge >= 0.3 is 0 Å². The van der Waals surface area contributed by atoms with Crippen LogP contribution in [0.4, 0.5) is 5.69 Å². The van der Waals surface area contributed by atoms with Crippen LogP contribution in [-0.4, -0.2) is 32.5 Å². The number of anilines is 1. The Kier molecular flexibility index (Phi) is 5.51. The number of rotatable bonds is 9. The van der Waals surface area contributed by atoms with Crippen molar-refractivity contribution in [1.29, 1.82) is 0 Å². The second kappa shape index (κ2) is 6.90. The summed E-state index contributed by atoms with van der Waals surface area (Å²) >= 11 is 0. The lowest BCUT2D eigenvalue weighted by Crippen LogP contribution is -2.36. The first kappa shape index (κ1) is 14.4. The van der Waals surface area contributed by atoms with Crippen molar-refractivity contribution in [3.05, 3.63) is 20.4 Å². The molecule has 1 aromatic rings. The Hall–Kier alpha value is -1.69. The fourth-order valence-corrected chi connectivity index (χ4v) is 1.63. The molecule has 18 heavy (non-hydrogen) atoms. The van der Waals surface area contributed by atoms with E-state index in [0.29, 0.717) is 26.0 Å². The average molecular weight is 254 g/mol. The molecular formula is C12H18N2O4. The van der Waals surface area contributed by atoms with E-state index in [1.807, 2.05) is 0 Å². The molecule has 100 valence electrons. The molecule has 0 radical (unpaired) electrons. The van der Waals surface area contributed by atoms with Gasteiger partial charge in [0.25, 0.3) is 10.9 Å². The summed E-state index contributed by atoms with van der Waals surface area (Å²) in [7, 11) is 1.72. The normalized spacial score (nSPS) is 12.3. The maximum atomic E-state index is 11.3. The second-order valence-electron chi connectivity index (χ2n) is 3.90. The molecule has 0 saturated carbocycles. The first-order chi connectivity index (χ1) is 8.65. The van der Waals surface area contributed by atoms with Crippen molar-refractivity contribution in [1.82, 2.24) is 5.32 Å². The van der Waals surface area contributed by atoms with Crippen molar-refractivity contribution in [3.8, 4) is 5.75 Å². The van der Waals surface area contributed by atoms with Gasteiger partial charge in [-0.15, -0.1) is 0 Å². The van der Waals surface area contributed by atoms with Crippen LogP contribution < -0.4 is 26.2 Å². The van der Waals surface area contributed by atoms with Gasteiger partial charge in [0, 0.05) is 6.54 Å². The van der Waals surface area contributed by atoms with Crippen LogP contribution in [0.15, 0.2) is 9.59 Å². The van der Waals surface area contributed by atoms with Crippen LogP contribution in [0.5, 0.6) is 5.75 Å². The van der Waals surface area contributed by atoms with Gasteiger partial charge in [-0.1, -0.05) is 0 Å². The Balaban J connectivity index is 2.40. The Bertz CT molecular complexity index is 463. The van der Waals surface area contributed by atoms with E-state index in [2.05, 4.69) is 10.6 Å². The third kappa shape index (κ3) is 3.16. The molecule has 1 unspecified atom stereocenters. The van der Waals surface area contributed by atoms with Gasteiger partial charge < -0.3 is 20.2 Å². The van der Waals surface area contributed by atoms with E-state index in [1.54, 1.807) is 14.0 Å². The van der Waals surface area contributed by atoms with Crippen molar-refractivity contribution in [2.24, 2.45) is 0 Å². The fourth-order valence-electron chi connectivity index (χ4n) is 1.63. The molecule has 2 N–H and O–H groups in total. The highest BCUT2D eigenvalue weighted by Crippen LogP contribution is 2.17. The Morgan fingerprint density at radius 1 is 1.33 bits per heavy atom. The average Bonchev–Trinajstić information content (AvgIpc) is 2.40. The number of carbonyl (C=O) groups excluding carboxylic acids is 1. The molecule has 0 heterocycles. The summed E-state index contributed by atoms with van der Waals surface area (Å²) in [5.41, 5.74) is -0.840. The standard InChI is InChI=1S/C12H18N2O4/c1-3-18-12-9(10(16)11(12)17)14-6-4-5-8(7-15)13-2/h7-8,13-14H,3-6H2,1-2H3. The highest BCUT2D eigenvalue weighted by molar-refractivity contribution is 5.61. The number of likely N-dealkylation sites (N-methyl/N-ethyl adjacent to an activating group) is 1. The Morgan fingerprint density at radius 3 is 2.61 bits per heavy atom. The van der Waals surface area contributed by atoms with Gasteiger partial charge in [-0.05, 0) is 26.8 Å². The lowest BCUT2D eigenvalue weighted by atomic mass is 10.1. The zero-order valence-electron chi connectivity index (χ0n) is 10.6. The van der Waals surface area contributed by atoms with Crippen molar-refractivity contribution >= 4 is 12.0 Å². The van der Waals surface area contributed by atoms with E-state index in [1.165, 1.54) is 0 Å². The second-order valence-corrected chi connectivity index (χ2v) is 3.90. The lowest BCUT2D eigenvalue weighted by Gasteiger charge is -2.13. The smallest absolute Gasteiger partial charge is 0.272 e. The van der Waals surface area contributed by atoms with E-state index in [0.717, 1.165) is 6.29 Å². The molecule has 6 heteroatoms. The lowest BCUT2D eigenvalue weighted by molar-refractivity contribution is -0.109. The number of hydrogen-bond donors (Lipinski definition) is 2. The minimum Gasteiger partial charge on any atom is -0.488 e. The number of carbonyl (C=O) groups is 1. The maximum absolute atomic E-state index is 11.3. The van der Waals surface area contributed by atoms with E-state index in [9.17, 15) is 14.4 Å². The van der Waals surface area contributed by atoms with Crippen LogP contribution in [-0.2, 0) is 4.79 Å². The summed E-state index contributed by atoms with van der Waals surface area (Å²) in [5.74, 6) is 0.128. The van der Waals surface area contributed by atoms with Crippen LogP contribution >= 0.6 is 0 Å². The molecule has 0 bridgehead atoms. The molecule has 0 aliphatic rings. The summed E-state index contributed by atoms with van der Waals surface area (Å²) in [5, 5.41) is 5.74. The van der Waals surface area contributed by atoms with Gasteiger partial charge in [-0.2, -0.15) is 0 Å². The molecule has 6 nitrogen and oxygen atoms in total. The van der Waals surface area contributed by atoms with Gasteiger partial charge in [0.1, 0.15) is 12.0 Å². The molecule has 1 atom stereocenters. The summed E-state index contributed by atoms with van der Waals surface area (Å²) in [6.07, 6.45) is 2.24. The van der Waals surface area contributed by atoms with Crippen LogP contribution in [0.1, 0.15) is 19.8 Å². The molecule has 1 rings (SSSR count). The van der Waals surface area contributed by atoms with E-state index < -0.39 is 10.9 Å². The van der Waals surface area contributed by atoms with Crippen LogP contribution in [0, 0.1) is 0 Å². The SMILES string of the molecule is CCOc1c(NCCCC(C=O)NC)c(=O)c1=O. The van der Waals surface area contributed by atoms with Gasteiger partial charge in [0.05, 0.1) is 12.6 Å². The molecule has 0 spiro atoms. The number of aldehydes is 1. The quantitative estimate of drug-likeness (QED) is 0.356. The van der Waals surface area contributed by atoms with Gasteiger partial charge in [-0.25, -0.2) is 0 Å². The first-order valence-electron chi connectivity index (χ1n) is 5.98. The zero-order valence-corrected chi connectivity index (χ0v) is 10.6. The number of ether oxygens (including phenoxy) is 1. The molecule has 0 aromatic heterocycles. The highest BCUT2D eigenvalue weighted by atomic mass is 16.5. The Labute approximate surface area is 105 Å². The molecule has 0 amide bonds. The van der Waals surface area contributed by atoms with Crippen LogP contribution in [0.2, 0.25) is 0 Å². The predicted molar refractivity (Wildman–Crippen MR) is 69.2 cm³/mol. The molecule has 0 aliphatic carbocycles. The third-order valence-electron chi connectivity index (χ3n) is 2.68.